The summed E-state index contributed by atoms with van der Waals surface area (Å²) in [7, 11) is 0. The standard InChI is InChI=1S/C18H35ClO/c1-5-6-15-9-10-16(17(19)11-15)12-18(20)14(4)8-7-13(2)3/h13-18,20H,5-12H2,1-4H3. The molecule has 120 valence electrons. The molecule has 0 spiro atoms. The first-order valence-corrected chi connectivity index (χ1v) is 9.19. The van der Waals surface area contributed by atoms with Crippen LogP contribution in [0.25, 0.3) is 0 Å². The Morgan fingerprint density at radius 2 is 1.85 bits per heavy atom. The zero-order valence-corrected chi connectivity index (χ0v) is 14.7. The maximum atomic E-state index is 10.4. The van der Waals surface area contributed by atoms with Crippen molar-refractivity contribution in [1.29, 1.82) is 0 Å². The van der Waals surface area contributed by atoms with Crippen molar-refractivity contribution in [3.05, 3.63) is 0 Å². The van der Waals surface area contributed by atoms with Crippen LogP contribution in [-0.2, 0) is 0 Å². The number of halogens is 1. The summed E-state index contributed by atoms with van der Waals surface area (Å²) in [5.74, 6) is 2.50. The fourth-order valence-corrected chi connectivity index (χ4v) is 4.01. The number of rotatable bonds is 8. The van der Waals surface area contributed by atoms with Gasteiger partial charge >= 0.3 is 0 Å². The molecule has 20 heavy (non-hydrogen) atoms. The van der Waals surface area contributed by atoms with Crippen molar-refractivity contribution >= 4 is 11.6 Å². The minimum Gasteiger partial charge on any atom is -0.393 e. The van der Waals surface area contributed by atoms with Crippen molar-refractivity contribution in [3.8, 4) is 0 Å². The Bertz CT molecular complexity index is 254. The predicted octanol–water partition coefficient (Wildman–Crippen LogP) is 5.63. The smallest absolute Gasteiger partial charge is 0.0568 e. The molecule has 1 nitrogen and oxygen atoms in total. The first-order valence-electron chi connectivity index (χ1n) is 8.76. The fourth-order valence-electron chi connectivity index (χ4n) is 3.53. The summed E-state index contributed by atoms with van der Waals surface area (Å²) in [5, 5.41) is 10.7. The predicted molar refractivity (Wildman–Crippen MR) is 89.2 cm³/mol. The topological polar surface area (TPSA) is 20.2 Å². The van der Waals surface area contributed by atoms with Gasteiger partial charge in [0.05, 0.1) is 6.10 Å². The van der Waals surface area contributed by atoms with Crippen molar-refractivity contribution in [1.82, 2.24) is 0 Å². The Hall–Kier alpha value is 0.250. The van der Waals surface area contributed by atoms with E-state index in [9.17, 15) is 5.11 Å². The molecule has 1 fully saturated rings. The summed E-state index contributed by atoms with van der Waals surface area (Å²) in [5.41, 5.74) is 0. The van der Waals surface area contributed by atoms with E-state index in [-0.39, 0.29) is 11.5 Å². The number of alkyl halides is 1. The third kappa shape index (κ3) is 6.35. The van der Waals surface area contributed by atoms with Gasteiger partial charge in [0, 0.05) is 5.38 Å². The van der Waals surface area contributed by atoms with Gasteiger partial charge in [-0.05, 0) is 49.4 Å². The maximum Gasteiger partial charge on any atom is 0.0568 e. The lowest BCUT2D eigenvalue weighted by atomic mass is 9.76. The second kappa shape index (κ2) is 9.30. The van der Waals surface area contributed by atoms with Crippen molar-refractivity contribution in [2.75, 3.05) is 0 Å². The third-order valence-electron chi connectivity index (χ3n) is 5.11. The van der Waals surface area contributed by atoms with Gasteiger partial charge in [0.1, 0.15) is 0 Å². The Labute approximate surface area is 131 Å². The summed E-state index contributed by atoms with van der Waals surface area (Å²) >= 11 is 6.58. The van der Waals surface area contributed by atoms with Gasteiger partial charge in [0.25, 0.3) is 0 Å². The Morgan fingerprint density at radius 3 is 2.40 bits per heavy atom. The lowest BCUT2D eigenvalue weighted by molar-refractivity contribution is 0.0719. The lowest BCUT2D eigenvalue weighted by Gasteiger charge is -2.35. The zero-order chi connectivity index (χ0) is 15.1. The molecular formula is C18H35ClO. The quantitative estimate of drug-likeness (QED) is 0.576. The van der Waals surface area contributed by atoms with Gasteiger partial charge < -0.3 is 5.11 Å². The second-order valence-corrected chi connectivity index (χ2v) is 8.06. The SMILES string of the molecule is CCCC1CCC(CC(O)C(C)CCC(C)C)C(Cl)C1. The normalized spacial score (nSPS) is 30.4. The number of hydrogen-bond acceptors (Lipinski definition) is 1. The summed E-state index contributed by atoms with van der Waals surface area (Å²) in [4.78, 5) is 0. The van der Waals surface area contributed by atoms with E-state index in [2.05, 4.69) is 27.7 Å². The molecule has 0 aromatic rings. The van der Waals surface area contributed by atoms with Crippen LogP contribution in [0.4, 0.5) is 0 Å². The molecule has 1 saturated carbocycles. The molecule has 1 aliphatic carbocycles. The monoisotopic (exact) mass is 302 g/mol. The highest BCUT2D eigenvalue weighted by atomic mass is 35.5. The highest BCUT2D eigenvalue weighted by Gasteiger charge is 2.31. The van der Waals surface area contributed by atoms with E-state index in [0.717, 1.165) is 31.1 Å². The van der Waals surface area contributed by atoms with Gasteiger partial charge in [-0.25, -0.2) is 0 Å². The van der Waals surface area contributed by atoms with E-state index in [1.807, 2.05) is 0 Å². The molecule has 1 N–H and O–H groups in total. The van der Waals surface area contributed by atoms with Crippen LogP contribution in [0.2, 0.25) is 0 Å². The highest BCUT2D eigenvalue weighted by Crippen LogP contribution is 2.38. The van der Waals surface area contributed by atoms with Crippen molar-refractivity contribution in [2.45, 2.75) is 90.5 Å². The van der Waals surface area contributed by atoms with Crippen LogP contribution in [0.15, 0.2) is 0 Å². The molecule has 0 heterocycles. The van der Waals surface area contributed by atoms with Crippen molar-refractivity contribution in [2.24, 2.45) is 23.7 Å². The molecule has 0 aromatic carbocycles. The second-order valence-electron chi connectivity index (χ2n) is 7.50. The Kier molecular flexibility index (Phi) is 8.51. The molecule has 0 amide bonds. The van der Waals surface area contributed by atoms with E-state index in [1.165, 1.54) is 32.1 Å². The third-order valence-corrected chi connectivity index (χ3v) is 5.65. The van der Waals surface area contributed by atoms with Crippen LogP contribution in [0.1, 0.15) is 79.1 Å². The summed E-state index contributed by atoms with van der Waals surface area (Å²) in [6.07, 6.45) is 9.38. The van der Waals surface area contributed by atoms with E-state index in [1.54, 1.807) is 0 Å². The lowest BCUT2D eigenvalue weighted by Crippen LogP contribution is -2.31. The van der Waals surface area contributed by atoms with Crippen LogP contribution in [0, 0.1) is 23.7 Å². The van der Waals surface area contributed by atoms with Gasteiger partial charge in [-0.1, -0.05) is 53.4 Å². The van der Waals surface area contributed by atoms with E-state index in [0.29, 0.717) is 11.8 Å². The molecule has 0 aromatic heterocycles. The van der Waals surface area contributed by atoms with E-state index < -0.39 is 0 Å². The molecule has 0 bridgehead atoms. The van der Waals surface area contributed by atoms with Crippen LogP contribution in [0.5, 0.6) is 0 Å². The summed E-state index contributed by atoms with van der Waals surface area (Å²) in [6, 6.07) is 0. The Morgan fingerprint density at radius 1 is 1.15 bits per heavy atom. The highest BCUT2D eigenvalue weighted by molar-refractivity contribution is 6.20. The van der Waals surface area contributed by atoms with Crippen LogP contribution in [-0.4, -0.2) is 16.6 Å². The van der Waals surface area contributed by atoms with Gasteiger partial charge in [-0.3, -0.25) is 0 Å². The average Bonchev–Trinajstić information content (AvgIpc) is 2.39. The molecule has 1 rings (SSSR count). The largest absolute Gasteiger partial charge is 0.393 e. The minimum atomic E-state index is -0.164. The first-order chi connectivity index (χ1) is 9.43. The molecule has 0 saturated heterocycles. The molecular weight excluding hydrogens is 268 g/mol. The van der Waals surface area contributed by atoms with Crippen LogP contribution >= 0.6 is 11.6 Å². The van der Waals surface area contributed by atoms with Gasteiger partial charge in [-0.2, -0.15) is 0 Å². The minimum absolute atomic E-state index is 0.164. The fraction of sp³-hybridized carbons (Fsp3) is 1.00. The van der Waals surface area contributed by atoms with Gasteiger partial charge in [0.15, 0.2) is 0 Å². The van der Waals surface area contributed by atoms with E-state index in [4.69, 9.17) is 11.6 Å². The molecule has 2 heteroatoms. The average molecular weight is 303 g/mol. The van der Waals surface area contributed by atoms with Crippen LogP contribution < -0.4 is 0 Å². The van der Waals surface area contributed by atoms with Crippen molar-refractivity contribution < 1.29 is 5.11 Å². The maximum absolute atomic E-state index is 10.4. The molecule has 5 unspecified atom stereocenters. The number of aliphatic hydroxyl groups excluding tert-OH is 1. The van der Waals surface area contributed by atoms with Gasteiger partial charge in [-0.15, -0.1) is 11.6 Å². The molecule has 0 radical (unpaired) electrons. The first kappa shape index (κ1) is 18.3. The molecule has 1 aliphatic rings. The summed E-state index contributed by atoms with van der Waals surface area (Å²) < 4.78 is 0. The summed E-state index contributed by atoms with van der Waals surface area (Å²) in [6.45, 7) is 8.96. The molecule has 0 aliphatic heterocycles. The van der Waals surface area contributed by atoms with E-state index >= 15 is 0 Å². The van der Waals surface area contributed by atoms with Crippen molar-refractivity contribution in [3.63, 3.8) is 0 Å². The zero-order valence-electron chi connectivity index (χ0n) is 13.9. The Balaban J connectivity index is 2.33. The number of aliphatic hydroxyl groups is 1. The molecule has 5 atom stereocenters. The van der Waals surface area contributed by atoms with Crippen LogP contribution in [0.3, 0.4) is 0 Å². The number of hydrogen-bond donors (Lipinski definition) is 1. The van der Waals surface area contributed by atoms with Gasteiger partial charge in [0.2, 0.25) is 0 Å².